The van der Waals surface area contributed by atoms with Crippen LogP contribution < -0.4 is 19.1 Å². The summed E-state index contributed by atoms with van der Waals surface area (Å²) in [4.78, 5) is 33.7. The number of ether oxygens (including phenoxy) is 4. The molecule has 1 fully saturated rings. The maximum atomic E-state index is 13.5. The molecule has 0 aliphatic carbocycles. The first-order chi connectivity index (χ1) is 21.7. The van der Waals surface area contributed by atoms with Crippen molar-refractivity contribution in [3.63, 3.8) is 0 Å². The molecular weight excluding hydrogens is 606 g/mol. The molecule has 6 rings (SSSR count). The first kappa shape index (κ1) is 30.3. The summed E-state index contributed by atoms with van der Waals surface area (Å²) < 4.78 is 51.3. The highest BCUT2D eigenvalue weighted by molar-refractivity contribution is 7.90. The fourth-order valence-electron chi connectivity index (χ4n) is 5.36. The van der Waals surface area contributed by atoms with E-state index < -0.39 is 31.4 Å². The number of nitrogens with zero attached hydrogens (tertiary/aromatic N) is 3. The van der Waals surface area contributed by atoms with Gasteiger partial charge in [-0.05, 0) is 55.7 Å². The Morgan fingerprint density at radius 2 is 2.02 bits per heavy atom. The molecule has 15 heteroatoms. The Morgan fingerprint density at radius 1 is 1.18 bits per heavy atom. The van der Waals surface area contributed by atoms with E-state index in [0.29, 0.717) is 55.5 Å². The van der Waals surface area contributed by atoms with E-state index in [4.69, 9.17) is 18.9 Å². The van der Waals surface area contributed by atoms with Gasteiger partial charge < -0.3 is 28.8 Å². The van der Waals surface area contributed by atoms with Crippen molar-refractivity contribution in [1.29, 1.82) is 0 Å². The lowest BCUT2D eigenvalue weighted by atomic mass is 10.1. The first-order valence-corrected chi connectivity index (χ1v) is 15.8. The Morgan fingerprint density at radius 3 is 2.80 bits per heavy atom. The van der Waals surface area contributed by atoms with Crippen molar-refractivity contribution in [3.8, 4) is 11.6 Å². The van der Waals surface area contributed by atoms with Gasteiger partial charge in [-0.15, -0.1) is 0 Å². The van der Waals surface area contributed by atoms with Crippen LogP contribution in [0.5, 0.6) is 11.6 Å². The Labute approximate surface area is 258 Å². The Balaban J connectivity index is 1.23. The number of benzene rings is 2. The van der Waals surface area contributed by atoms with Gasteiger partial charge in [0.05, 0.1) is 46.5 Å². The molecule has 236 valence electrons. The third-order valence-corrected chi connectivity index (χ3v) is 9.06. The molecule has 1 saturated heterocycles. The molecule has 14 nitrogen and oxygen atoms in total. The predicted molar refractivity (Wildman–Crippen MR) is 163 cm³/mol. The Hall–Kier alpha value is -4.73. The Kier molecular flexibility index (Phi) is 8.56. The lowest BCUT2D eigenvalue weighted by Crippen LogP contribution is -2.34. The fraction of sp³-hybridized carbons (Fsp3) is 0.333. The predicted octanol–water partition coefficient (Wildman–Crippen LogP) is 4.08. The summed E-state index contributed by atoms with van der Waals surface area (Å²) in [7, 11) is -2.91. The molecule has 2 aromatic carbocycles. The zero-order chi connectivity index (χ0) is 31.6. The van der Waals surface area contributed by atoms with Gasteiger partial charge in [-0.3, -0.25) is 14.9 Å². The number of rotatable bonds is 9. The molecule has 1 amide bonds. The minimum absolute atomic E-state index is 0.0101. The van der Waals surface area contributed by atoms with Crippen molar-refractivity contribution in [2.75, 3.05) is 38.4 Å². The van der Waals surface area contributed by atoms with Gasteiger partial charge in [-0.25, -0.2) is 13.1 Å². The van der Waals surface area contributed by atoms with Gasteiger partial charge in [0.1, 0.15) is 17.9 Å². The summed E-state index contributed by atoms with van der Waals surface area (Å²) in [6.07, 6.45) is 3.50. The van der Waals surface area contributed by atoms with E-state index in [1.165, 1.54) is 12.1 Å². The van der Waals surface area contributed by atoms with Crippen LogP contribution in [0.4, 0.5) is 17.1 Å². The van der Waals surface area contributed by atoms with Crippen molar-refractivity contribution in [3.05, 3.63) is 76.5 Å². The number of methoxy groups -OCH3 is 1. The molecule has 0 saturated carbocycles. The van der Waals surface area contributed by atoms with Crippen LogP contribution in [0.25, 0.3) is 11.0 Å². The van der Waals surface area contributed by atoms with Gasteiger partial charge in [0.25, 0.3) is 15.9 Å². The van der Waals surface area contributed by atoms with Crippen LogP contribution in [-0.2, 0) is 19.5 Å². The summed E-state index contributed by atoms with van der Waals surface area (Å²) in [6, 6.07) is 13.6. The third-order valence-electron chi connectivity index (χ3n) is 7.73. The van der Waals surface area contributed by atoms with Crippen LogP contribution in [0.2, 0.25) is 0 Å². The highest BCUT2D eigenvalue weighted by atomic mass is 32.2. The SMILES string of the molecule is CO[C@@H]1CC[C@@H](COc2ccc(S(=O)(=O)NC(=O)c3ccccc3N3CCCOc4nc5[nH]ccc5cc43)cc2[N+](=O)[O-])OC1. The molecule has 4 aromatic rings. The number of H-pyrrole nitrogens is 1. The number of hydrogen-bond acceptors (Lipinski definition) is 11. The van der Waals surface area contributed by atoms with Crippen molar-refractivity contribution in [1.82, 2.24) is 14.7 Å². The molecule has 2 aliphatic rings. The van der Waals surface area contributed by atoms with E-state index in [-0.39, 0.29) is 30.1 Å². The van der Waals surface area contributed by atoms with Gasteiger partial charge >= 0.3 is 5.69 Å². The summed E-state index contributed by atoms with van der Waals surface area (Å²) in [5.41, 5.74) is 1.26. The standard InChI is InChI=1S/C30H31N5O9S/c1-41-20-7-8-21(43-17-20)18-44-27-10-9-22(16-25(27)35(37)38)45(39,40)33-29(36)23-5-2-3-6-24(23)34-13-4-14-42-30-26(34)15-19-11-12-31-28(19)32-30/h2-3,5-6,9-12,15-16,20-21H,4,7-8,13-14,17-18H2,1H3,(H,31,32)(H,33,36)/t20-,21+/m1/s1. The topological polar surface area (TPSA) is 175 Å². The molecule has 0 unspecified atom stereocenters. The van der Waals surface area contributed by atoms with Crippen LogP contribution in [-0.4, -0.2) is 74.9 Å². The van der Waals surface area contributed by atoms with Gasteiger partial charge in [0, 0.05) is 31.3 Å². The van der Waals surface area contributed by atoms with E-state index in [0.717, 1.165) is 23.9 Å². The second-order valence-electron chi connectivity index (χ2n) is 10.6. The number of carbonyl (C=O) groups excluding carboxylic acids is 1. The van der Waals surface area contributed by atoms with Crippen LogP contribution in [0, 0.1) is 10.1 Å². The molecule has 4 heterocycles. The van der Waals surface area contributed by atoms with Gasteiger partial charge in [0.2, 0.25) is 5.88 Å². The van der Waals surface area contributed by atoms with Crippen molar-refractivity contribution in [2.45, 2.75) is 36.4 Å². The van der Waals surface area contributed by atoms with Crippen LogP contribution in [0.1, 0.15) is 29.6 Å². The number of nitrogens with one attached hydrogen (secondary N) is 2. The van der Waals surface area contributed by atoms with Crippen molar-refractivity contribution < 1.29 is 37.1 Å². The molecular formula is C30H31N5O9S. The van der Waals surface area contributed by atoms with Gasteiger partial charge in [0.15, 0.2) is 5.75 Å². The highest BCUT2D eigenvalue weighted by Crippen LogP contribution is 2.38. The second-order valence-corrected chi connectivity index (χ2v) is 12.3. The average Bonchev–Trinajstić information content (AvgIpc) is 3.41. The molecule has 0 radical (unpaired) electrons. The lowest BCUT2D eigenvalue weighted by Gasteiger charge is -2.28. The number of fused-ring (bicyclic) bond motifs is 2. The minimum Gasteiger partial charge on any atom is -0.484 e. The molecule has 2 atom stereocenters. The normalized spacial score (nSPS) is 18.5. The zero-order valence-electron chi connectivity index (χ0n) is 24.3. The Bertz CT molecular complexity index is 1840. The zero-order valence-corrected chi connectivity index (χ0v) is 25.1. The van der Waals surface area contributed by atoms with E-state index in [9.17, 15) is 23.3 Å². The molecule has 2 aliphatic heterocycles. The van der Waals surface area contributed by atoms with E-state index >= 15 is 0 Å². The van der Waals surface area contributed by atoms with Gasteiger partial charge in [-0.1, -0.05) is 12.1 Å². The van der Waals surface area contributed by atoms with Crippen LogP contribution >= 0.6 is 0 Å². The smallest absolute Gasteiger partial charge is 0.312 e. The van der Waals surface area contributed by atoms with E-state index in [1.54, 1.807) is 31.5 Å². The number of aromatic nitrogens is 2. The largest absolute Gasteiger partial charge is 0.484 e. The summed E-state index contributed by atoms with van der Waals surface area (Å²) in [5, 5.41) is 12.7. The number of sulfonamides is 1. The molecule has 45 heavy (non-hydrogen) atoms. The van der Waals surface area contributed by atoms with E-state index in [1.807, 2.05) is 17.0 Å². The number of anilines is 2. The van der Waals surface area contributed by atoms with Crippen molar-refractivity contribution >= 4 is 44.0 Å². The quantitative estimate of drug-likeness (QED) is 0.200. The number of pyridine rings is 1. The number of para-hydroxylation sites is 1. The third kappa shape index (κ3) is 6.41. The first-order valence-electron chi connectivity index (χ1n) is 14.3. The monoisotopic (exact) mass is 637 g/mol. The number of aromatic amines is 1. The molecule has 0 bridgehead atoms. The van der Waals surface area contributed by atoms with Gasteiger partial charge in [-0.2, -0.15) is 4.98 Å². The summed E-state index contributed by atoms with van der Waals surface area (Å²) >= 11 is 0. The molecule has 2 aromatic heterocycles. The fourth-order valence-corrected chi connectivity index (χ4v) is 6.35. The summed E-state index contributed by atoms with van der Waals surface area (Å²) in [6.45, 7) is 1.32. The molecule has 2 N–H and O–H groups in total. The number of nitro groups is 1. The minimum atomic E-state index is -4.52. The number of amides is 1. The number of nitro benzene ring substituents is 1. The maximum Gasteiger partial charge on any atom is 0.312 e. The summed E-state index contributed by atoms with van der Waals surface area (Å²) in [5.74, 6) is -0.630. The second kappa shape index (κ2) is 12.7. The number of carbonyl (C=O) groups is 1. The molecule has 0 spiro atoms. The van der Waals surface area contributed by atoms with Crippen molar-refractivity contribution in [2.24, 2.45) is 0 Å². The highest BCUT2D eigenvalue weighted by Gasteiger charge is 2.29. The van der Waals surface area contributed by atoms with E-state index in [2.05, 4.69) is 14.7 Å². The number of hydrogen-bond donors (Lipinski definition) is 2. The average molecular weight is 638 g/mol. The van der Waals surface area contributed by atoms with Crippen LogP contribution in [0.15, 0.2) is 65.7 Å². The van der Waals surface area contributed by atoms with Crippen LogP contribution in [0.3, 0.4) is 0 Å². The lowest BCUT2D eigenvalue weighted by molar-refractivity contribution is -0.386. The maximum absolute atomic E-state index is 13.5.